The molecule has 0 N–H and O–H groups in total. The van der Waals surface area contributed by atoms with Gasteiger partial charge in [-0.1, -0.05) is 76.6 Å². The summed E-state index contributed by atoms with van der Waals surface area (Å²) in [4.78, 5) is 2.29. The van der Waals surface area contributed by atoms with E-state index in [1.807, 2.05) is 24.3 Å². The maximum Gasteiger partial charge on any atom is 0.135 e. The van der Waals surface area contributed by atoms with Crippen molar-refractivity contribution in [3.63, 3.8) is 0 Å². The average molecular weight is 490 g/mol. The third-order valence-electron chi connectivity index (χ3n) is 5.90. The first-order valence-corrected chi connectivity index (χ1v) is 11.7. The molecule has 0 unspecified atom stereocenters. The van der Waals surface area contributed by atoms with E-state index in [1.54, 1.807) is 0 Å². The highest BCUT2D eigenvalue weighted by Gasteiger charge is 2.16. The Morgan fingerprint density at radius 3 is 1.88 bits per heavy atom. The van der Waals surface area contributed by atoms with E-state index in [-0.39, 0.29) is 0 Å². The molecule has 0 aliphatic heterocycles. The Labute approximate surface area is 200 Å². The van der Waals surface area contributed by atoms with Gasteiger partial charge in [-0.25, -0.2) is 0 Å². The Morgan fingerprint density at radius 2 is 1.09 bits per heavy atom. The van der Waals surface area contributed by atoms with E-state index in [1.165, 1.54) is 11.1 Å². The molecule has 5 aromatic carbocycles. The molecule has 0 atom stereocenters. The van der Waals surface area contributed by atoms with Crippen LogP contribution in [0.1, 0.15) is 0 Å². The van der Waals surface area contributed by atoms with Gasteiger partial charge in [0.1, 0.15) is 11.2 Å². The predicted molar refractivity (Wildman–Crippen MR) is 142 cm³/mol. The Balaban J connectivity index is 1.55. The van der Waals surface area contributed by atoms with Crippen LogP contribution < -0.4 is 4.90 Å². The maximum atomic E-state index is 6.09. The number of hydrogen-bond acceptors (Lipinski definition) is 2. The number of anilines is 3. The standard InChI is InChI=1S/C30H20BrNO/c31-23-14-16-29-27(19-23)28-20-26(15-17-30(28)33-29)32(24-11-5-2-6-12-24)25-13-7-10-22(18-25)21-8-3-1-4-9-21/h1-20H. The Kier molecular flexibility index (Phi) is 4.97. The Bertz CT molecular complexity index is 1570. The van der Waals surface area contributed by atoms with Crippen molar-refractivity contribution >= 4 is 54.9 Å². The van der Waals surface area contributed by atoms with E-state index in [0.717, 1.165) is 43.5 Å². The van der Waals surface area contributed by atoms with Crippen LogP contribution in [0.3, 0.4) is 0 Å². The fourth-order valence-corrected chi connectivity index (χ4v) is 4.72. The van der Waals surface area contributed by atoms with E-state index < -0.39 is 0 Å². The molecule has 0 saturated heterocycles. The monoisotopic (exact) mass is 489 g/mol. The molecule has 0 bridgehead atoms. The predicted octanol–water partition coefficient (Wildman–Crippen LogP) is 9.49. The van der Waals surface area contributed by atoms with Crippen molar-refractivity contribution in [1.82, 2.24) is 0 Å². The lowest BCUT2D eigenvalue weighted by molar-refractivity contribution is 0.669. The van der Waals surface area contributed by atoms with Gasteiger partial charge >= 0.3 is 0 Å². The number of hydrogen-bond donors (Lipinski definition) is 0. The van der Waals surface area contributed by atoms with Gasteiger partial charge in [0.25, 0.3) is 0 Å². The first kappa shape index (κ1) is 19.8. The smallest absolute Gasteiger partial charge is 0.135 e. The lowest BCUT2D eigenvalue weighted by Crippen LogP contribution is -2.09. The lowest BCUT2D eigenvalue weighted by Gasteiger charge is -2.26. The number of para-hydroxylation sites is 1. The van der Waals surface area contributed by atoms with Crippen LogP contribution in [0.5, 0.6) is 0 Å². The van der Waals surface area contributed by atoms with Crippen LogP contribution in [0.4, 0.5) is 17.1 Å². The van der Waals surface area contributed by atoms with Gasteiger partial charge in [-0.05, 0) is 71.8 Å². The van der Waals surface area contributed by atoms with Gasteiger partial charge < -0.3 is 9.32 Å². The zero-order valence-electron chi connectivity index (χ0n) is 17.8. The summed E-state index contributed by atoms with van der Waals surface area (Å²) in [5, 5.41) is 2.20. The number of halogens is 1. The molecule has 158 valence electrons. The van der Waals surface area contributed by atoms with E-state index >= 15 is 0 Å². The third kappa shape index (κ3) is 3.71. The molecular weight excluding hydrogens is 470 g/mol. The average Bonchev–Trinajstić information content (AvgIpc) is 3.23. The van der Waals surface area contributed by atoms with Crippen molar-refractivity contribution < 1.29 is 4.42 Å². The molecule has 0 aliphatic carbocycles. The maximum absolute atomic E-state index is 6.09. The largest absolute Gasteiger partial charge is 0.456 e. The quantitative estimate of drug-likeness (QED) is 0.245. The number of furan rings is 1. The van der Waals surface area contributed by atoms with Crippen LogP contribution in [-0.4, -0.2) is 0 Å². The van der Waals surface area contributed by atoms with Crippen LogP contribution in [0.15, 0.2) is 130 Å². The molecule has 0 saturated carbocycles. The summed E-state index contributed by atoms with van der Waals surface area (Å²) in [7, 11) is 0. The van der Waals surface area contributed by atoms with Crippen molar-refractivity contribution in [2.24, 2.45) is 0 Å². The lowest BCUT2D eigenvalue weighted by atomic mass is 10.0. The second-order valence-corrected chi connectivity index (χ2v) is 8.93. The van der Waals surface area contributed by atoms with Crippen LogP contribution in [0.25, 0.3) is 33.1 Å². The minimum atomic E-state index is 0.887. The highest BCUT2D eigenvalue weighted by Crippen LogP contribution is 2.40. The minimum Gasteiger partial charge on any atom is -0.456 e. The van der Waals surface area contributed by atoms with Gasteiger partial charge in [-0.2, -0.15) is 0 Å². The van der Waals surface area contributed by atoms with E-state index in [0.29, 0.717) is 0 Å². The highest BCUT2D eigenvalue weighted by atomic mass is 79.9. The van der Waals surface area contributed by atoms with Crippen LogP contribution >= 0.6 is 15.9 Å². The number of fused-ring (bicyclic) bond motifs is 3. The zero-order valence-corrected chi connectivity index (χ0v) is 19.4. The van der Waals surface area contributed by atoms with Crippen molar-refractivity contribution in [1.29, 1.82) is 0 Å². The summed E-state index contributed by atoms with van der Waals surface area (Å²) < 4.78 is 7.13. The molecule has 0 spiro atoms. The molecule has 6 rings (SSSR count). The SMILES string of the molecule is Brc1ccc2oc3ccc(N(c4ccccc4)c4cccc(-c5ccccc5)c4)cc3c2c1. The first-order valence-electron chi connectivity index (χ1n) is 10.9. The molecule has 33 heavy (non-hydrogen) atoms. The van der Waals surface area contributed by atoms with E-state index in [2.05, 4.69) is 118 Å². The van der Waals surface area contributed by atoms with Crippen LogP contribution in [0.2, 0.25) is 0 Å². The molecule has 3 heteroatoms. The van der Waals surface area contributed by atoms with Gasteiger partial charge in [-0.15, -0.1) is 0 Å². The first-order chi connectivity index (χ1) is 16.3. The van der Waals surface area contributed by atoms with Crippen LogP contribution in [0, 0.1) is 0 Å². The molecule has 0 amide bonds. The summed E-state index contributed by atoms with van der Waals surface area (Å²) in [5.74, 6) is 0. The zero-order chi connectivity index (χ0) is 22.2. The molecule has 0 fully saturated rings. The second kappa shape index (κ2) is 8.27. The molecular formula is C30H20BrNO. The van der Waals surface area contributed by atoms with Crippen LogP contribution in [-0.2, 0) is 0 Å². The molecule has 1 aromatic heterocycles. The van der Waals surface area contributed by atoms with Gasteiger partial charge in [-0.3, -0.25) is 0 Å². The van der Waals surface area contributed by atoms with Crippen molar-refractivity contribution in [2.75, 3.05) is 4.90 Å². The third-order valence-corrected chi connectivity index (χ3v) is 6.39. The van der Waals surface area contributed by atoms with Gasteiger partial charge in [0, 0.05) is 32.3 Å². The Hall–Kier alpha value is -3.82. The van der Waals surface area contributed by atoms with Crippen molar-refractivity contribution in [3.8, 4) is 11.1 Å². The number of benzene rings is 5. The fourth-order valence-electron chi connectivity index (χ4n) is 4.36. The topological polar surface area (TPSA) is 16.4 Å². The fraction of sp³-hybridized carbons (Fsp3) is 0. The number of rotatable bonds is 4. The molecule has 2 nitrogen and oxygen atoms in total. The molecule has 6 aromatic rings. The van der Waals surface area contributed by atoms with E-state index in [9.17, 15) is 0 Å². The molecule has 0 radical (unpaired) electrons. The summed E-state index contributed by atoms with van der Waals surface area (Å²) in [5.41, 5.74) is 7.47. The van der Waals surface area contributed by atoms with E-state index in [4.69, 9.17) is 4.42 Å². The van der Waals surface area contributed by atoms with Crippen molar-refractivity contribution in [3.05, 3.63) is 126 Å². The van der Waals surface area contributed by atoms with Gasteiger partial charge in [0.2, 0.25) is 0 Å². The minimum absolute atomic E-state index is 0.887. The normalized spacial score (nSPS) is 11.2. The highest BCUT2D eigenvalue weighted by molar-refractivity contribution is 9.10. The summed E-state index contributed by atoms with van der Waals surface area (Å²) in [6.45, 7) is 0. The summed E-state index contributed by atoms with van der Waals surface area (Å²) in [6, 6.07) is 42.2. The summed E-state index contributed by atoms with van der Waals surface area (Å²) >= 11 is 3.60. The summed E-state index contributed by atoms with van der Waals surface area (Å²) in [6.07, 6.45) is 0. The Morgan fingerprint density at radius 1 is 0.485 bits per heavy atom. The number of nitrogens with zero attached hydrogens (tertiary/aromatic N) is 1. The molecule has 1 heterocycles. The van der Waals surface area contributed by atoms with Gasteiger partial charge in [0.15, 0.2) is 0 Å². The van der Waals surface area contributed by atoms with Gasteiger partial charge in [0.05, 0.1) is 0 Å². The second-order valence-electron chi connectivity index (χ2n) is 8.01. The molecule has 0 aliphatic rings. The van der Waals surface area contributed by atoms with Crippen molar-refractivity contribution in [2.45, 2.75) is 0 Å².